The SMILES string of the molecule is CC.CC.CCCC(=N)CCO. The van der Waals surface area contributed by atoms with Crippen LogP contribution in [-0.2, 0) is 0 Å². The van der Waals surface area contributed by atoms with E-state index in [1.807, 2.05) is 34.6 Å². The normalized spacial score (nSPS) is 7.17. The number of rotatable bonds is 4. The van der Waals surface area contributed by atoms with E-state index in [0.717, 1.165) is 12.8 Å². The van der Waals surface area contributed by atoms with Crippen molar-refractivity contribution in [3.05, 3.63) is 0 Å². The molecule has 0 rings (SSSR count). The quantitative estimate of drug-likeness (QED) is 0.633. The predicted octanol–water partition coefficient (Wildman–Crippen LogP) is 3.24. The zero-order chi connectivity index (χ0) is 10.4. The summed E-state index contributed by atoms with van der Waals surface area (Å²) in [5.41, 5.74) is 0.662. The first-order valence-corrected chi connectivity index (χ1v) is 4.98. The topological polar surface area (TPSA) is 44.1 Å². The highest BCUT2D eigenvalue weighted by atomic mass is 16.2. The molecule has 0 radical (unpaired) electrons. The molecule has 0 amide bonds. The summed E-state index contributed by atoms with van der Waals surface area (Å²) in [7, 11) is 0. The number of nitrogens with one attached hydrogen (secondary N) is 1. The fourth-order valence-electron chi connectivity index (χ4n) is 0.562. The van der Waals surface area contributed by atoms with Crippen LogP contribution >= 0.6 is 0 Å². The van der Waals surface area contributed by atoms with Crippen molar-refractivity contribution in [3.63, 3.8) is 0 Å². The van der Waals surface area contributed by atoms with Crippen LogP contribution in [0.5, 0.6) is 0 Å². The van der Waals surface area contributed by atoms with E-state index in [9.17, 15) is 0 Å². The molecule has 0 aromatic heterocycles. The van der Waals surface area contributed by atoms with Crippen molar-refractivity contribution in [2.24, 2.45) is 0 Å². The summed E-state index contributed by atoms with van der Waals surface area (Å²) >= 11 is 0. The van der Waals surface area contributed by atoms with Crippen molar-refractivity contribution in [2.45, 2.75) is 53.9 Å². The summed E-state index contributed by atoms with van der Waals surface area (Å²) in [6.45, 7) is 10.2. The lowest BCUT2D eigenvalue weighted by molar-refractivity contribution is 0.306. The average Bonchev–Trinajstić information content (AvgIpc) is 2.12. The van der Waals surface area contributed by atoms with Crippen LogP contribution in [0, 0.1) is 5.41 Å². The summed E-state index contributed by atoms with van der Waals surface area (Å²) in [4.78, 5) is 0. The average molecular weight is 175 g/mol. The van der Waals surface area contributed by atoms with E-state index in [4.69, 9.17) is 10.5 Å². The first-order chi connectivity index (χ1) is 5.81. The van der Waals surface area contributed by atoms with Gasteiger partial charge in [-0.15, -0.1) is 0 Å². The summed E-state index contributed by atoms with van der Waals surface area (Å²) in [6.07, 6.45) is 2.40. The van der Waals surface area contributed by atoms with Gasteiger partial charge in [0.1, 0.15) is 0 Å². The zero-order valence-corrected chi connectivity index (χ0v) is 9.28. The maximum atomic E-state index is 8.32. The van der Waals surface area contributed by atoms with Crippen LogP contribution in [0.15, 0.2) is 0 Å². The van der Waals surface area contributed by atoms with E-state index in [1.54, 1.807) is 0 Å². The Morgan fingerprint density at radius 2 is 1.50 bits per heavy atom. The Kier molecular flexibility index (Phi) is 33.0. The Hall–Kier alpha value is -0.370. The van der Waals surface area contributed by atoms with Crippen LogP contribution in [0.25, 0.3) is 0 Å². The highest BCUT2D eigenvalue weighted by Crippen LogP contribution is 1.92. The van der Waals surface area contributed by atoms with Crippen molar-refractivity contribution in [1.29, 1.82) is 5.41 Å². The van der Waals surface area contributed by atoms with Gasteiger partial charge in [0.15, 0.2) is 0 Å². The van der Waals surface area contributed by atoms with Crippen LogP contribution in [0.3, 0.4) is 0 Å². The molecule has 0 spiro atoms. The molecule has 0 atom stereocenters. The minimum absolute atomic E-state index is 0.124. The summed E-state index contributed by atoms with van der Waals surface area (Å²) < 4.78 is 0. The molecule has 0 bridgehead atoms. The third-order valence-electron chi connectivity index (χ3n) is 0.965. The Labute approximate surface area is 77.5 Å². The van der Waals surface area contributed by atoms with Crippen molar-refractivity contribution < 1.29 is 5.11 Å². The van der Waals surface area contributed by atoms with E-state index >= 15 is 0 Å². The Balaban J connectivity index is -0.000000175. The molecule has 0 aromatic rings. The molecule has 0 aromatic carbocycles. The lowest BCUT2D eigenvalue weighted by atomic mass is 10.2. The van der Waals surface area contributed by atoms with Gasteiger partial charge >= 0.3 is 0 Å². The molecule has 2 nitrogen and oxygen atoms in total. The lowest BCUT2D eigenvalue weighted by Gasteiger charge is -1.95. The van der Waals surface area contributed by atoms with Gasteiger partial charge in [-0.1, -0.05) is 41.0 Å². The molecule has 0 unspecified atom stereocenters. The minimum atomic E-state index is 0.124. The fraction of sp³-hybridized carbons (Fsp3) is 0.900. The number of hydrogen-bond donors (Lipinski definition) is 2. The van der Waals surface area contributed by atoms with Gasteiger partial charge in [-0.2, -0.15) is 0 Å². The van der Waals surface area contributed by atoms with Crippen LogP contribution in [0.2, 0.25) is 0 Å². The molecule has 0 fully saturated rings. The molecule has 0 saturated heterocycles. The first kappa shape index (κ1) is 17.6. The molecule has 76 valence electrons. The summed E-state index contributed by atoms with van der Waals surface area (Å²) in [5, 5.41) is 15.5. The Bertz CT molecular complexity index is 64.2. The standard InChI is InChI=1S/C6H13NO.2C2H6/c1-2-3-6(7)4-5-8;2*1-2/h7-8H,2-5H2,1H3;2*1-2H3. The number of hydrogen-bond acceptors (Lipinski definition) is 2. The van der Waals surface area contributed by atoms with Gasteiger partial charge in [0.05, 0.1) is 0 Å². The van der Waals surface area contributed by atoms with E-state index in [1.165, 1.54) is 0 Å². The third-order valence-corrected chi connectivity index (χ3v) is 0.965. The smallest absolute Gasteiger partial charge is 0.0483 e. The second kappa shape index (κ2) is 22.4. The molecule has 2 N–H and O–H groups in total. The lowest BCUT2D eigenvalue weighted by Crippen LogP contribution is -1.97. The highest BCUT2D eigenvalue weighted by Gasteiger charge is 1.90. The number of aliphatic hydroxyl groups excluding tert-OH is 1. The maximum absolute atomic E-state index is 8.32. The molecule has 0 aliphatic rings. The van der Waals surface area contributed by atoms with Crippen molar-refractivity contribution in [3.8, 4) is 0 Å². The van der Waals surface area contributed by atoms with Crippen LogP contribution < -0.4 is 0 Å². The van der Waals surface area contributed by atoms with Crippen molar-refractivity contribution in [2.75, 3.05) is 6.61 Å². The summed E-state index contributed by atoms with van der Waals surface area (Å²) in [5.74, 6) is 0. The zero-order valence-electron chi connectivity index (χ0n) is 9.28. The van der Waals surface area contributed by atoms with Gasteiger partial charge in [0.25, 0.3) is 0 Å². The largest absolute Gasteiger partial charge is 0.396 e. The third kappa shape index (κ3) is 22.6. The predicted molar refractivity (Wildman–Crippen MR) is 57.0 cm³/mol. The monoisotopic (exact) mass is 175 g/mol. The number of aliphatic hydroxyl groups is 1. The molecular formula is C10H25NO. The van der Waals surface area contributed by atoms with Gasteiger partial charge in [-0.25, -0.2) is 0 Å². The van der Waals surface area contributed by atoms with E-state index in [0.29, 0.717) is 12.1 Å². The van der Waals surface area contributed by atoms with Gasteiger partial charge in [-0.05, 0) is 6.42 Å². The first-order valence-electron chi connectivity index (χ1n) is 4.98. The van der Waals surface area contributed by atoms with Crippen LogP contribution in [0.4, 0.5) is 0 Å². The van der Waals surface area contributed by atoms with Crippen LogP contribution in [-0.4, -0.2) is 17.4 Å². The summed E-state index contributed by atoms with van der Waals surface area (Å²) in [6, 6.07) is 0. The van der Waals surface area contributed by atoms with Crippen LogP contribution in [0.1, 0.15) is 53.9 Å². The highest BCUT2D eigenvalue weighted by molar-refractivity contribution is 5.81. The molecular weight excluding hydrogens is 150 g/mol. The molecule has 0 saturated carbocycles. The second-order valence-corrected chi connectivity index (χ2v) is 1.83. The molecule has 2 heteroatoms. The molecule has 12 heavy (non-hydrogen) atoms. The minimum Gasteiger partial charge on any atom is -0.396 e. The van der Waals surface area contributed by atoms with Crippen molar-refractivity contribution >= 4 is 5.71 Å². The maximum Gasteiger partial charge on any atom is 0.0483 e. The second-order valence-electron chi connectivity index (χ2n) is 1.83. The van der Waals surface area contributed by atoms with Gasteiger partial charge in [0, 0.05) is 18.7 Å². The van der Waals surface area contributed by atoms with Gasteiger partial charge in [0.2, 0.25) is 0 Å². The molecule has 0 aliphatic heterocycles. The van der Waals surface area contributed by atoms with Gasteiger partial charge < -0.3 is 10.5 Å². The Morgan fingerprint density at radius 3 is 1.75 bits per heavy atom. The van der Waals surface area contributed by atoms with Gasteiger partial charge in [-0.3, -0.25) is 0 Å². The van der Waals surface area contributed by atoms with E-state index in [-0.39, 0.29) is 6.61 Å². The van der Waals surface area contributed by atoms with E-state index in [2.05, 4.69) is 0 Å². The van der Waals surface area contributed by atoms with Crippen molar-refractivity contribution in [1.82, 2.24) is 0 Å². The molecule has 0 aliphatic carbocycles. The fourth-order valence-corrected chi connectivity index (χ4v) is 0.562. The van der Waals surface area contributed by atoms with E-state index < -0.39 is 0 Å². The Morgan fingerprint density at radius 1 is 1.08 bits per heavy atom. The molecule has 0 heterocycles.